The lowest BCUT2D eigenvalue weighted by Gasteiger charge is -2.13. The van der Waals surface area contributed by atoms with Gasteiger partial charge < -0.3 is 5.32 Å². The van der Waals surface area contributed by atoms with Crippen molar-refractivity contribution in [3.05, 3.63) is 50.8 Å². The van der Waals surface area contributed by atoms with E-state index in [1.54, 1.807) is 17.5 Å². The number of thiocarbonyl (C=S) groups is 1. The fourth-order valence-corrected chi connectivity index (χ4v) is 5.23. The van der Waals surface area contributed by atoms with E-state index in [-0.39, 0.29) is 53.4 Å². The van der Waals surface area contributed by atoms with Gasteiger partial charge in [-0.05, 0) is 47.7 Å². The van der Waals surface area contributed by atoms with Gasteiger partial charge in [-0.25, -0.2) is 4.39 Å². The molecule has 0 saturated carbocycles. The molecule has 2 aromatic rings. The Morgan fingerprint density at radius 3 is 2.59 bits per heavy atom. The van der Waals surface area contributed by atoms with E-state index in [0.29, 0.717) is 15.3 Å². The van der Waals surface area contributed by atoms with E-state index in [4.69, 9.17) is 12.2 Å². The van der Waals surface area contributed by atoms with Crippen LogP contribution in [0.15, 0.2) is 34.6 Å². The number of hydrogen-bond acceptors (Lipinski definition) is 6. The third-order valence-electron chi connectivity index (χ3n) is 4.73. The molecule has 0 spiro atoms. The molecule has 0 unspecified atom stereocenters. The van der Waals surface area contributed by atoms with Crippen LogP contribution in [-0.2, 0) is 20.6 Å². The second kappa shape index (κ2) is 10.8. The number of benzene rings is 1. The van der Waals surface area contributed by atoms with E-state index in [9.17, 15) is 31.9 Å². The summed E-state index contributed by atoms with van der Waals surface area (Å²) in [5.41, 5.74) is -0.684. The second-order valence-electron chi connectivity index (χ2n) is 7.32. The van der Waals surface area contributed by atoms with Crippen molar-refractivity contribution < 1.29 is 31.9 Å². The Morgan fingerprint density at radius 2 is 1.91 bits per heavy atom. The van der Waals surface area contributed by atoms with Gasteiger partial charge in [0.25, 0.3) is 5.91 Å². The zero-order valence-corrected chi connectivity index (χ0v) is 20.2. The molecule has 180 valence electrons. The van der Waals surface area contributed by atoms with Crippen LogP contribution in [0.2, 0.25) is 0 Å². The van der Waals surface area contributed by atoms with Crippen molar-refractivity contribution in [3.63, 3.8) is 0 Å². The van der Waals surface area contributed by atoms with Gasteiger partial charge in [-0.3, -0.25) is 19.3 Å². The molecule has 0 bridgehead atoms. The first-order valence-electron chi connectivity index (χ1n) is 9.93. The number of thioether (sulfide) groups is 1. The van der Waals surface area contributed by atoms with Gasteiger partial charge in [-0.1, -0.05) is 30.0 Å². The average Bonchev–Trinajstić information content (AvgIpc) is 3.30. The molecular weight excluding hydrogens is 512 g/mol. The monoisotopic (exact) mass is 530 g/mol. The zero-order valence-electron chi connectivity index (χ0n) is 17.7. The second-order valence-corrected chi connectivity index (χ2v) is 9.93. The molecule has 1 N–H and O–H groups in total. The first-order valence-corrected chi connectivity index (χ1v) is 12.0. The molecule has 3 rings (SSSR count). The Balaban J connectivity index is 1.67. The number of ketones is 1. The Hall–Kier alpha value is -2.57. The highest BCUT2D eigenvalue weighted by atomic mass is 32.2. The normalized spacial score (nSPS) is 15.3. The van der Waals surface area contributed by atoms with Crippen molar-refractivity contribution in [3.8, 4) is 11.1 Å². The van der Waals surface area contributed by atoms with E-state index in [0.717, 1.165) is 23.9 Å². The molecule has 12 heteroatoms. The van der Waals surface area contributed by atoms with Crippen LogP contribution < -0.4 is 5.32 Å². The van der Waals surface area contributed by atoms with E-state index in [2.05, 4.69) is 5.32 Å². The summed E-state index contributed by atoms with van der Waals surface area (Å²) in [4.78, 5) is 37.8. The van der Waals surface area contributed by atoms with Gasteiger partial charge in [0.1, 0.15) is 15.9 Å². The fourth-order valence-electron chi connectivity index (χ4n) is 3.00. The fraction of sp³-hybridized carbons (Fsp3) is 0.273. The lowest BCUT2D eigenvalue weighted by Crippen LogP contribution is -2.34. The molecule has 2 heterocycles. The summed E-state index contributed by atoms with van der Waals surface area (Å²) < 4.78 is 52.8. The van der Waals surface area contributed by atoms with Crippen LogP contribution in [0.25, 0.3) is 17.2 Å². The van der Waals surface area contributed by atoms with Gasteiger partial charge in [-0.2, -0.15) is 13.2 Å². The zero-order chi connectivity index (χ0) is 25.0. The Morgan fingerprint density at radius 1 is 1.18 bits per heavy atom. The Labute approximate surface area is 206 Å². The molecule has 1 aliphatic heterocycles. The molecule has 2 amide bonds. The molecule has 1 aliphatic rings. The van der Waals surface area contributed by atoms with Crippen molar-refractivity contribution in [1.82, 2.24) is 10.2 Å². The van der Waals surface area contributed by atoms with Crippen LogP contribution in [0.1, 0.15) is 30.2 Å². The van der Waals surface area contributed by atoms with Crippen molar-refractivity contribution in [2.75, 3.05) is 13.1 Å². The molecule has 1 aromatic carbocycles. The summed E-state index contributed by atoms with van der Waals surface area (Å²) in [5.74, 6) is -2.07. The molecule has 34 heavy (non-hydrogen) atoms. The number of carbonyl (C=O) groups is 3. The summed E-state index contributed by atoms with van der Waals surface area (Å²) >= 11 is 7.52. The quantitative estimate of drug-likeness (QED) is 0.287. The third kappa shape index (κ3) is 6.51. The van der Waals surface area contributed by atoms with E-state index in [1.807, 2.05) is 0 Å². The largest absolute Gasteiger partial charge is 0.419 e. The van der Waals surface area contributed by atoms with Crippen LogP contribution >= 0.6 is 35.3 Å². The smallest absolute Gasteiger partial charge is 0.356 e. The van der Waals surface area contributed by atoms with Crippen LogP contribution in [0.5, 0.6) is 0 Å². The average molecular weight is 531 g/mol. The molecule has 0 radical (unpaired) electrons. The summed E-state index contributed by atoms with van der Waals surface area (Å²) in [7, 11) is 0. The van der Waals surface area contributed by atoms with Gasteiger partial charge in [0.2, 0.25) is 5.91 Å². The summed E-state index contributed by atoms with van der Waals surface area (Å²) in [6.45, 7) is 1.74. The highest BCUT2D eigenvalue weighted by molar-refractivity contribution is 8.26. The molecule has 1 saturated heterocycles. The first kappa shape index (κ1) is 26.0. The number of alkyl halides is 3. The van der Waals surface area contributed by atoms with Crippen LogP contribution in [0.4, 0.5) is 17.6 Å². The molecule has 1 fully saturated rings. The van der Waals surface area contributed by atoms with Crippen molar-refractivity contribution in [2.24, 2.45) is 0 Å². The van der Waals surface area contributed by atoms with E-state index < -0.39 is 17.6 Å². The first-order chi connectivity index (χ1) is 16.0. The lowest BCUT2D eigenvalue weighted by atomic mass is 10.0. The number of carbonyl (C=O) groups excluding carboxylic acids is 3. The molecule has 0 atom stereocenters. The number of halogens is 4. The summed E-state index contributed by atoms with van der Waals surface area (Å²) in [5, 5.41) is 4.22. The predicted molar refractivity (Wildman–Crippen MR) is 128 cm³/mol. The van der Waals surface area contributed by atoms with Crippen LogP contribution in [0.3, 0.4) is 0 Å². The number of nitrogens with one attached hydrogen (secondary N) is 1. The topological polar surface area (TPSA) is 66.5 Å². The minimum atomic E-state index is -4.81. The number of hydrogen-bond donors (Lipinski definition) is 1. The third-order valence-corrected chi connectivity index (χ3v) is 6.99. The highest BCUT2D eigenvalue weighted by Crippen LogP contribution is 2.37. The van der Waals surface area contributed by atoms with Crippen molar-refractivity contribution in [2.45, 2.75) is 25.9 Å². The maximum Gasteiger partial charge on any atom is 0.419 e. The van der Waals surface area contributed by atoms with Crippen LogP contribution in [0, 0.1) is 5.82 Å². The lowest BCUT2D eigenvalue weighted by molar-refractivity contribution is -0.140. The van der Waals surface area contributed by atoms with Crippen LogP contribution in [-0.4, -0.2) is 39.9 Å². The van der Waals surface area contributed by atoms with Crippen molar-refractivity contribution >= 4 is 63.3 Å². The van der Waals surface area contributed by atoms with Gasteiger partial charge in [0.15, 0.2) is 0 Å². The highest BCUT2D eigenvalue weighted by Gasteiger charge is 2.34. The number of amides is 2. The Kier molecular flexibility index (Phi) is 8.26. The minimum absolute atomic E-state index is 0.0207. The van der Waals surface area contributed by atoms with E-state index >= 15 is 0 Å². The van der Waals surface area contributed by atoms with Gasteiger partial charge >= 0.3 is 6.18 Å². The van der Waals surface area contributed by atoms with E-state index in [1.165, 1.54) is 29.2 Å². The molecular formula is C22H18F4N2O3S3. The molecule has 5 nitrogen and oxygen atoms in total. The number of rotatable bonds is 8. The predicted octanol–water partition coefficient (Wildman–Crippen LogP) is 5.26. The SMILES string of the molecule is CC(=O)CCNC(=O)CCN1C(=O)/C(=C/c2cc(-c3ccc(F)c(C(F)(F)F)c3)cs2)SC1=S. The minimum Gasteiger partial charge on any atom is -0.356 e. The van der Waals surface area contributed by atoms with Crippen molar-refractivity contribution in [1.29, 1.82) is 0 Å². The molecule has 1 aromatic heterocycles. The standard InChI is InChI=1S/C22H18F4N2O3S3/c1-12(29)4-6-27-19(30)5-7-28-20(31)18(34-21(28)32)10-15-8-14(11-33-15)13-2-3-17(23)16(9-13)22(24,25)26/h2-3,8-11H,4-7H2,1H3,(H,27,30)/b18-10-. The number of thiophene rings is 1. The maximum absolute atomic E-state index is 13.6. The Bertz CT molecular complexity index is 1170. The van der Waals surface area contributed by atoms with Gasteiger partial charge in [0, 0.05) is 30.8 Å². The molecule has 0 aliphatic carbocycles. The number of nitrogens with zero attached hydrogens (tertiary/aromatic N) is 1. The maximum atomic E-state index is 13.6. The summed E-state index contributed by atoms with van der Waals surface area (Å²) in [6.07, 6.45) is -2.98. The van der Waals surface area contributed by atoms with Gasteiger partial charge in [0.05, 0.1) is 10.5 Å². The van der Waals surface area contributed by atoms with Gasteiger partial charge in [-0.15, -0.1) is 11.3 Å². The number of Topliss-reactive ketones (excluding diaryl/α,β-unsaturated/α-hetero) is 1. The summed E-state index contributed by atoms with van der Waals surface area (Å²) in [6, 6.07) is 4.39.